The summed E-state index contributed by atoms with van der Waals surface area (Å²) in [6.45, 7) is 8.09. The van der Waals surface area contributed by atoms with Gasteiger partial charge in [0.05, 0.1) is 6.54 Å². The standard InChI is InChI=1S/C18H28N2O3/c1-13-5-4-6-17(11-13)23-14(2)12-19-18(21)20-15(3)16-7-9-22-10-8-16/h4-6,11,14-16H,7-10,12H2,1-3H3,(H2,19,20,21)/t14-,15+/m1/s1. The van der Waals surface area contributed by atoms with Gasteiger partial charge in [-0.3, -0.25) is 0 Å². The maximum atomic E-state index is 12.0. The number of amides is 2. The lowest BCUT2D eigenvalue weighted by atomic mass is 9.93. The molecule has 128 valence electrons. The van der Waals surface area contributed by atoms with E-state index in [-0.39, 0.29) is 18.2 Å². The van der Waals surface area contributed by atoms with Crippen LogP contribution in [0.2, 0.25) is 0 Å². The molecule has 0 bridgehead atoms. The van der Waals surface area contributed by atoms with E-state index >= 15 is 0 Å². The van der Waals surface area contributed by atoms with Crippen LogP contribution in [-0.2, 0) is 4.74 Å². The highest BCUT2D eigenvalue weighted by atomic mass is 16.5. The number of hydrogen-bond acceptors (Lipinski definition) is 3. The normalized spacial score (nSPS) is 18.0. The topological polar surface area (TPSA) is 59.6 Å². The zero-order valence-electron chi connectivity index (χ0n) is 14.3. The smallest absolute Gasteiger partial charge is 0.315 e. The van der Waals surface area contributed by atoms with E-state index in [1.165, 1.54) is 0 Å². The third-order valence-electron chi connectivity index (χ3n) is 4.21. The van der Waals surface area contributed by atoms with Crippen LogP contribution in [0, 0.1) is 12.8 Å². The van der Waals surface area contributed by atoms with Crippen molar-refractivity contribution in [2.45, 2.75) is 45.8 Å². The molecule has 0 radical (unpaired) electrons. The van der Waals surface area contributed by atoms with Crippen LogP contribution in [0.3, 0.4) is 0 Å². The molecule has 5 heteroatoms. The van der Waals surface area contributed by atoms with Crippen LogP contribution < -0.4 is 15.4 Å². The molecule has 0 unspecified atom stereocenters. The maximum absolute atomic E-state index is 12.0. The number of carbonyl (C=O) groups excluding carboxylic acids is 1. The molecule has 1 aromatic rings. The van der Waals surface area contributed by atoms with Crippen LogP contribution in [-0.4, -0.2) is 37.9 Å². The lowest BCUT2D eigenvalue weighted by Gasteiger charge is -2.28. The molecule has 0 aliphatic carbocycles. The Bertz CT molecular complexity index is 501. The second-order valence-electron chi connectivity index (χ2n) is 6.34. The lowest BCUT2D eigenvalue weighted by Crippen LogP contribution is -2.47. The van der Waals surface area contributed by atoms with Gasteiger partial charge in [0.25, 0.3) is 0 Å². The minimum absolute atomic E-state index is 0.0825. The Hall–Kier alpha value is -1.75. The van der Waals surface area contributed by atoms with Crippen molar-refractivity contribution in [1.82, 2.24) is 10.6 Å². The highest BCUT2D eigenvalue weighted by Gasteiger charge is 2.21. The van der Waals surface area contributed by atoms with Crippen molar-refractivity contribution in [3.8, 4) is 5.75 Å². The first-order valence-electron chi connectivity index (χ1n) is 8.40. The molecule has 1 aliphatic heterocycles. The van der Waals surface area contributed by atoms with Crippen LogP contribution in [0.25, 0.3) is 0 Å². The van der Waals surface area contributed by atoms with Gasteiger partial charge in [0.2, 0.25) is 0 Å². The number of aryl methyl sites for hydroxylation is 1. The Balaban J connectivity index is 1.68. The van der Waals surface area contributed by atoms with Crippen LogP contribution in [0.1, 0.15) is 32.3 Å². The molecule has 2 amide bonds. The van der Waals surface area contributed by atoms with Crippen LogP contribution in [0.15, 0.2) is 24.3 Å². The van der Waals surface area contributed by atoms with E-state index < -0.39 is 0 Å². The van der Waals surface area contributed by atoms with E-state index in [1.54, 1.807) is 0 Å². The van der Waals surface area contributed by atoms with Crippen molar-refractivity contribution >= 4 is 6.03 Å². The molecule has 0 saturated carbocycles. The van der Waals surface area contributed by atoms with Crippen LogP contribution >= 0.6 is 0 Å². The number of hydrogen-bond donors (Lipinski definition) is 2. The van der Waals surface area contributed by atoms with Crippen LogP contribution in [0.5, 0.6) is 5.75 Å². The fourth-order valence-corrected chi connectivity index (χ4v) is 2.79. The van der Waals surface area contributed by atoms with Gasteiger partial charge in [-0.25, -0.2) is 4.79 Å². The largest absolute Gasteiger partial charge is 0.489 e. The molecule has 1 aliphatic rings. The first-order chi connectivity index (χ1) is 11.0. The fourth-order valence-electron chi connectivity index (χ4n) is 2.79. The van der Waals surface area contributed by atoms with Gasteiger partial charge in [0, 0.05) is 19.3 Å². The van der Waals surface area contributed by atoms with Gasteiger partial charge < -0.3 is 20.1 Å². The van der Waals surface area contributed by atoms with E-state index in [9.17, 15) is 4.79 Å². The van der Waals surface area contributed by atoms with E-state index in [2.05, 4.69) is 17.6 Å². The van der Waals surface area contributed by atoms with Gasteiger partial charge in [-0.1, -0.05) is 12.1 Å². The predicted octanol–water partition coefficient (Wildman–Crippen LogP) is 2.88. The molecule has 2 N–H and O–H groups in total. The zero-order valence-corrected chi connectivity index (χ0v) is 14.3. The monoisotopic (exact) mass is 320 g/mol. The molecule has 2 atom stereocenters. The minimum atomic E-state index is -0.135. The SMILES string of the molecule is Cc1cccc(O[C@H](C)CNC(=O)N[C@@H](C)C2CCOCC2)c1. The summed E-state index contributed by atoms with van der Waals surface area (Å²) in [5.74, 6) is 1.32. The quantitative estimate of drug-likeness (QED) is 0.847. The van der Waals surface area contributed by atoms with Crippen molar-refractivity contribution in [3.05, 3.63) is 29.8 Å². The summed E-state index contributed by atoms with van der Waals surface area (Å²) in [7, 11) is 0. The van der Waals surface area contributed by atoms with Crippen molar-refractivity contribution in [2.24, 2.45) is 5.92 Å². The number of ether oxygens (including phenoxy) is 2. The fraction of sp³-hybridized carbons (Fsp3) is 0.611. The number of nitrogens with one attached hydrogen (secondary N) is 2. The van der Waals surface area contributed by atoms with Crippen molar-refractivity contribution < 1.29 is 14.3 Å². The summed E-state index contributed by atoms with van der Waals surface area (Å²) in [5.41, 5.74) is 1.16. The van der Waals surface area contributed by atoms with E-state index in [0.29, 0.717) is 12.5 Å². The molecule has 1 fully saturated rings. The Morgan fingerprint density at radius 3 is 2.78 bits per heavy atom. The molecule has 1 saturated heterocycles. The Morgan fingerprint density at radius 2 is 2.09 bits per heavy atom. The van der Waals surface area contributed by atoms with Gasteiger partial charge in [0.15, 0.2) is 0 Å². The summed E-state index contributed by atoms with van der Waals surface area (Å²) in [6, 6.07) is 7.93. The van der Waals surface area contributed by atoms with Crippen molar-refractivity contribution in [3.63, 3.8) is 0 Å². The summed E-state index contributed by atoms with van der Waals surface area (Å²) in [5, 5.41) is 5.90. The molecule has 1 aromatic carbocycles. The number of carbonyl (C=O) groups is 1. The minimum Gasteiger partial charge on any atom is -0.489 e. The average molecular weight is 320 g/mol. The number of urea groups is 1. The molecular formula is C18H28N2O3. The molecular weight excluding hydrogens is 292 g/mol. The molecule has 1 heterocycles. The third kappa shape index (κ3) is 6.10. The predicted molar refractivity (Wildman–Crippen MR) is 90.8 cm³/mol. The summed E-state index contributed by atoms with van der Waals surface area (Å²) in [4.78, 5) is 12.0. The lowest BCUT2D eigenvalue weighted by molar-refractivity contribution is 0.0570. The van der Waals surface area contributed by atoms with Gasteiger partial charge >= 0.3 is 6.03 Å². The first-order valence-corrected chi connectivity index (χ1v) is 8.40. The van der Waals surface area contributed by atoms with E-state index in [4.69, 9.17) is 9.47 Å². The molecule has 5 nitrogen and oxygen atoms in total. The van der Waals surface area contributed by atoms with Crippen LogP contribution in [0.4, 0.5) is 4.79 Å². The van der Waals surface area contributed by atoms with Gasteiger partial charge in [-0.2, -0.15) is 0 Å². The Kier molecular flexibility index (Phi) is 6.71. The van der Waals surface area contributed by atoms with Crippen molar-refractivity contribution in [2.75, 3.05) is 19.8 Å². The first kappa shape index (κ1) is 17.6. The van der Waals surface area contributed by atoms with Gasteiger partial charge in [-0.05, 0) is 57.2 Å². The molecule has 0 aromatic heterocycles. The average Bonchev–Trinajstić information content (AvgIpc) is 2.54. The second-order valence-corrected chi connectivity index (χ2v) is 6.34. The summed E-state index contributed by atoms with van der Waals surface area (Å²) >= 11 is 0. The van der Waals surface area contributed by atoms with Gasteiger partial charge in [-0.15, -0.1) is 0 Å². The summed E-state index contributed by atoms with van der Waals surface area (Å²) in [6.07, 6.45) is 1.93. The maximum Gasteiger partial charge on any atom is 0.315 e. The number of benzene rings is 1. The zero-order chi connectivity index (χ0) is 16.7. The molecule has 2 rings (SSSR count). The highest BCUT2D eigenvalue weighted by Crippen LogP contribution is 2.18. The van der Waals surface area contributed by atoms with Crippen molar-refractivity contribution in [1.29, 1.82) is 0 Å². The second kappa shape index (κ2) is 8.77. The number of rotatable bonds is 6. The molecule has 0 spiro atoms. The Labute approximate surface area is 138 Å². The van der Waals surface area contributed by atoms with E-state index in [1.807, 2.05) is 38.1 Å². The Morgan fingerprint density at radius 1 is 1.35 bits per heavy atom. The molecule has 23 heavy (non-hydrogen) atoms. The highest BCUT2D eigenvalue weighted by molar-refractivity contribution is 5.74. The third-order valence-corrected chi connectivity index (χ3v) is 4.21. The van der Waals surface area contributed by atoms with Gasteiger partial charge in [0.1, 0.15) is 11.9 Å². The summed E-state index contributed by atoms with van der Waals surface area (Å²) < 4.78 is 11.2. The van der Waals surface area contributed by atoms with E-state index in [0.717, 1.165) is 37.4 Å².